The molecule has 0 spiro atoms. The van der Waals surface area contributed by atoms with Crippen molar-refractivity contribution in [1.82, 2.24) is 0 Å². The van der Waals surface area contributed by atoms with Crippen LogP contribution in [0.25, 0.3) is 0 Å². The van der Waals surface area contributed by atoms with Gasteiger partial charge in [-0.25, -0.2) is 4.79 Å². The van der Waals surface area contributed by atoms with Gasteiger partial charge in [-0.15, -0.1) is 0 Å². The van der Waals surface area contributed by atoms with E-state index in [0.717, 1.165) is 12.8 Å². The van der Waals surface area contributed by atoms with Gasteiger partial charge in [-0.3, -0.25) is 4.48 Å². The minimum atomic E-state index is -0.947. The number of quaternary nitrogens is 1. The lowest BCUT2D eigenvalue weighted by molar-refractivity contribution is -0.833. The maximum absolute atomic E-state index is 10.5. The molecule has 3 nitrogen and oxygen atoms in total. The van der Waals surface area contributed by atoms with Crippen LogP contribution in [0.4, 0.5) is 0 Å². The minimum Gasteiger partial charge on any atom is -0.477 e. The van der Waals surface area contributed by atoms with Gasteiger partial charge in [-0.1, -0.05) is 58.3 Å². The summed E-state index contributed by atoms with van der Waals surface area (Å²) in [5, 5.41) is 8.63. The average molecular weight is 268 g/mol. The Balaban J connectivity index is 3.28. The fourth-order valence-corrected chi connectivity index (χ4v) is 2.22. The van der Waals surface area contributed by atoms with Gasteiger partial charge in [0.05, 0.1) is 6.54 Å². The average Bonchev–Trinajstić information content (AvgIpc) is 2.30. The second kappa shape index (κ2) is 11.3. The van der Waals surface area contributed by atoms with Crippen molar-refractivity contribution in [2.75, 3.05) is 13.1 Å². The van der Waals surface area contributed by atoms with Crippen molar-refractivity contribution in [3.05, 3.63) is 14.1 Å². The Morgan fingerprint density at radius 1 is 0.895 bits per heavy atom. The molecule has 0 fully saturated rings. The smallest absolute Gasteiger partial charge is 0.359 e. The van der Waals surface area contributed by atoms with Gasteiger partial charge in [0.1, 0.15) is 0 Å². The Hall–Kier alpha value is -0.570. The summed E-state index contributed by atoms with van der Waals surface area (Å²) in [4.78, 5) is 10.5. The maximum Gasteiger partial charge on any atom is 0.359 e. The Morgan fingerprint density at radius 2 is 1.32 bits per heavy atom. The van der Waals surface area contributed by atoms with Crippen LogP contribution < -0.4 is 0 Å². The third kappa shape index (κ3) is 13.7. The first kappa shape index (κ1) is 18.4. The molecule has 110 valence electrons. The number of unbranched alkanes of at least 4 members (excludes halogenated alkanes) is 9. The van der Waals surface area contributed by atoms with Crippen LogP contribution in [0.1, 0.15) is 71.1 Å². The molecule has 0 aliphatic rings. The Bertz CT molecular complexity index is 227. The molecule has 0 rings (SSSR count). The number of rotatable bonds is 13. The molecule has 0 aliphatic carbocycles. The summed E-state index contributed by atoms with van der Waals surface area (Å²) in [6.07, 6.45) is 12.5. The minimum absolute atomic E-state index is 0.211. The monoisotopic (exact) mass is 268 g/mol. The normalized spacial score (nSPS) is 11.7. The first-order chi connectivity index (χ1) is 8.98. The largest absolute Gasteiger partial charge is 0.477 e. The molecular formula is C16H30NO2+. The summed E-state index contributed by atoms with van der Waals surface area (Å²) < 4.78 is -0.396. The van der Waals surface area contributed by atoms with E-state index in [1.165, 1.54) is 51.4 Å². The highest BCUT2D eigenvalue weighted by Crippen LogP contribution is 2.12. The fraction of sp³-hybridized carbons (Fsp3) is 0.812. The highest BCUT2D eigenvalue weighted by molar-refractivity contribution is 5.67. The predicted molar refractivity (Wildman–Crippen MR) is 78.1 cm³/mol. The lowest BCUT2D eigenvalue weighted by Gasteiger charge is -2.24. The SMILES string of the molecule is [CH][N+]([CH])(CCCCCCCCCCCC)CC(=O)O. The number of hydrogen-bond acceptors (Lipinski definition) is 1. The molecule has 0 atom stereocenters. The summed E-state index contributed by atoms with van der Waals surface area (Å²) in [6, 6.07) is 0. The number of aliphatic carboxylic acids is 1. The molecule has 19 heavy (non-hydrogen) atoms. The van der Waals surface area contributed by atoms with Gasteiger partial charge in [0.25, 0.3) is 0 Å². The van der Waals surface area contributed by atoms with Gasteiger partial charge in [0, 0.05) is 0 Å². The van der Waals surface area contributed by atoms with Gasteiger partial charge in [-0.2, -0.15) is 0 Å². The standard InChI is InChI=1S/C16H30NO2/c1-4-5-6-7-8-9-10-11-12-13-14-17(2,3)15-16(18)19/h2-3H,4-15H2,1H3,(H,18,19)/q+1. The van der Waals surface area contributed by atoms with Gasteiger partial charge in [0.2, 0.25) is 14.1 Å². The third-order valence-corrected chi connectivity index (χ3v) is 3.36. The van der Waals surface area contributed by atoms with Gasteiger partial charge >= 0.3 is 5.97 Å². The highest BCUT2D eigenvalue weighted by Gasteiger charge is 2.21. The van der Waals surface area contributed by atoms with Crippen molar-refractivity contribution < 1.29 is 14.4 Å². The molecule has 0 saturated carbocycles. The molecular weight excluding hydrogens is 238 g/mol. The Kier molecular flexibility index (Phi) is 10.9. The van der Waals surface area contributed by atoms with Crippen molar-refractivity contribution in [2.45, 2.75) is 71.1 Å². The zero-order valence-corrected chi connectivity index (χ0v) is 12.4. The molecule has 0 aromatic heterocycles. The third-order valence-electron chi connectivity index (χ3n) is 3.36. The molecule has 0 aliphatic heterocycles. The van der Waals surface area contributed by atoms with Crippen LogP contribution in [0, 0.1) is 14.1 Å². The second-order valence-electron chi connectivity index (χ2n) is 5.56. The van der Waals surface area contributed by atoms with Gasteiger partial charge < -0.3 is 5.11 Å². The predicted octanol–water partition coefficient (Wildman–Crippen LogP) is 4.15. The van der Waals surface area contributed by atoms with E-state index in [9.17, 15) is 4.79 Å². The van der Waals surface area contributed by atoms with Crippen LogP contribution in [0.15, 0.2) is 0 Å². The van der Waals surface area contributed by atoms with Crippen molar-refractivity contribution in [1.29, 1.82) is 0 Å². The molecule has 0 amide bonds. The van der Waals surface area contributed by atoms with Crippen LogP contribution in [0.2, 0.25) is 0 Å². The molecule has 0 bridgehead atoms. The van der Waals surface area contributed by atoms with Crippen molar-refractivity contribution in [3.63, 3.8) is 0 Å². The summed E-state index contributed by atoms with van der Waals surface area (Å²) in [5.41, 5.74) is 0. The maximum atomic E-state index is 10.5. The number of hydrogen-bond donors (Lipinski definition) is 1. The fourth-order valence-electron chi connectivity index (χ4n) is 2.22. The van der Waals surface area contributed by atoms with Gasteiger partial charge in [0.15, 0.2) is 6.54 Å². The van der Waals surface area contributed by atoms with Crippen LogP contribution in [0.5, 0.6) is 0 Å². The first-order valence-electron chi connectivity index (χ1n) is 7.64. The quantitative estimate of drug-likeness (QED) is 0.402. The summed E-state index contributed by atoms with van der Waals surface area (Å²) in [6.45, 7) is 2.55. The molecule has 4 radical (unpaired) electrons. The van der Waals surface area contributed by atoms with E-state index in [1.807, 2.05) is 0 Å². The lowest BCUT2D eigenvalue weighted by atomic mass is 10.1. The van der Waals surface area contributed by atoms with Crippen LogP contribution in [-0.4, -0.2) is 28.6 Å². The number of carboxylic acid groups (broad SMARTS) is 1. The summed E-state index contributed by atoms with van der Waals surface area (Å²) >= 11 is 0. The van der Waals surface area contributed by atoms with E-state index in [4.69, 9.17) is 19.2 Å². The number of carbonyl (C=O) groups is 1. The first-order valence-corrected chi connectivity index (χ1v) is 7.64. The molecule has 1 N–H and O–H groups in total. The second-order valence-corrected chi connectivity index (χ2v) is 5.56. The topological polar surface area (TPSA) is 37.3 Å². The van der Waals surface area contributed by atoms with Crippen molar-refractivity contribution >= 4 is 5.97 Å². The highest BCUT2D eigenvalue weighted by atomic mass is 16.4. The zero-order chi connectivity index (χ0) is 14.6. The summed E-state index contributed by atoms with van der Waals surface area (Å²) in [5.74, 6) is -0.947. The number of carboxylic acids is 1. The van der Waals surface area contributed by atoms with E-state index in [0.29, 0.717) is 6.54 Å². The van der Waals surface area contributed by atoms with E-state index in [-0.39, 0.29) is 6.54 Å². The van der Waals surface area contributed by atoms with E-state index < -0.39 is 10.5 Å². The molecule has 0 saturated heterocycles. The van der Waals surface area contributed by atoms with E-state index in [1.54, 1.807) is 0 Å². The molecule has 0 aromatic carbocycles. The molecule has 0 aromatic rings. The molecule has 0 heterocycles. The molecule has 0 unspecified atom stereocenters. The van der Waals surface area contributed by atoms with Crippen LogP contribution >= 0.6 is 0 Å². The lowest BCUT2D eigenvalue weighted by Crippen LogP contribution is -2.40. The zero-order valence-electron chi connectivity index (χ0n) is 12.4. The van der Waals surface area contributed by atoms with Crippen molar-refractivity contribution in [2.24, 2.45) is 0 Å². The van der Waals surface area contributed by atoms with Crippen LogP contribution in [-0.2, 0) is 4.79 Å². The number of nitrogens with zero attached hydrogens (tertiary/aromatic N) is 1. The Morgan fingerprint density at radius 3 is 1.74 bits per heavy atom. The summed E-state index contributed by atoms with van der Waals surface area (Å²) in [7, 11) is 11.3. The van der Waals surface area contributed by atoms with Gasteiger partial charge in [-0.05, 0) is 12.8 Å². The van der Waals surface area contributed by atoms with E-state index in [2.05, 4.69) is 6.92 Å². The Labute approximate surface area is 119 Å². The van der Waals surface area contributed by atoms with E-state index >= 15 is 0 Å². The van der Waals surface area contributed by atoms with Crippen molar-refractivity contribution in [3.8, 4) is 0 Å². The molecule has 3 heteroatoms. The van der Waals surface area contributed by atoms with Crippen LogP contribution in [0.3, 0.4) is 0 Å².